The molecule has 274 valence electrons. The Morgan fingerprint density at radius 1 is 0.537 bits per heavy atom. The highest BCUT2D eigenvalue weighted by molar-refractivity contribution is 5.94. The first kappa shape index (κ1) is 36.9. The summed E-state index contributed by atoms with van der Waals surface area (Å²) in [6, 6.07) is 19.3. The fourth-order valence-corrected chi connectivity index (χ4v) is 6.21. The maximum absolute atomic E-state index is 12.9. The summed E-state index contributed by atoms with van der Waals surface area (Å²) in [5.74, 6) is -6.12. The monoisotopic (exact) mass is 734 g/mol. The van der Waals surface area contributed by atoms with Crippen LogP contribution in [-0.4, -0.2) is 71.5 Å². The summed E-state index contributed by atoms with van der Waals surface area (Å²) in [5, 5.41) is 20.1. The van der Waals surface area contributed by atoms with Crippen LogP contribution in [0.15, 0.2) is 110 Å². The number of fused-ring (bicyclic) bond motifs is 1. The van der Waals surface area contributed by atoms with Crippen molar-refractivity contribution >= 4 is 35.8 Å². The second kappa shape index (κ2) is 15.8. The third-order valence-corrected chi connectivity index (χ3v) is 8.73. The summed E-state index contributed by atoms with van der Waals surface area (Å²) in [7, 11) is 0. The standard InChI is InChI=1S/C40H30O14/c1-3-33(41)51-23-9-5-21(6-10-23)39(47)53-25-13-15-27(37(43)44)29(17-25)31-19-49-36-32(20-50-35(31)36)30-18-26(14-16-28(30)38(45)46)54-40(48)22-7-11-24(12-8-22)52-34(42)4-2/h3-18,31-32,35-36H,1-2,19-20H2,(H,43,44)(H,45,46)/t31-,32-,35-,36-/m0/s1. The van der Waals surface area contributed by atoms with Crippen molar-refractivity contribution in [3.63, 3.8) is 0 Å². The number of aromatic carboxylic acids is 2. The lowest BCUT2D eigenvalue weighted by molar-refractivity contribution is -0.129. The van der Waals surface area contributed by atoms with Crippen molar-refractivity contribution in [3.8, 4) is 23.0 Å². The highest BCUT2D eigenvalue weighted by Crippen LogP contribution is 2.46. The number of carboxylic acids is 2. The number of esters is 4. The van der Waals surface area contributed by atoms with Gasteiger partial charge in [0.1, 0.15) is 23.0 Å². The minimum atomic E-state index is -1.24. The Morgan fingerprint density at radius 3 is 1.22 bits per heavy atom. The van der Waals surface area contributed by atoms with Crippen LogP contribution in [-0.2, 0) is 19.1 Å². The second-order valence-corrected chi connectivity index (χ2v) is 12.0. The lowest BCUT2D eigenvalue weighted by Gasteiger charge is -2.20. The first-order valence-corrected chi connectivity index (χ1v) is 16.3. The molecule has 0 saturated carbocycles. The molecule has 2 N–H and O–H groups in total. The number of carboxylic acid groups (broad SMARTS) is 2. The SMILES string of the molecule is C=CC(=O)Oc1ccc(C(=O)Oc2ccc(C(=O)O)c([C@@H]3CO[C@@H]4[C@H]3OC[C@H]4c3cc(OC(=O)c4ccc(OC(=O)C=C)cc4)ccc3C(=O)O)c2)cc1. The Bertz CT molecular complexity index is 2010. The van der Waals surface area contributed by atoms with Gasteiger partial charge in [0.15, 0.2) is 0 Å². The van der Waals surface area contributed by atoms with Crippen molar-refractivity contribution in [2.24, 2.45) is 0 Å². The molecule has 0 spiro atoms. The van der Waals surface area contributed by atoms with E-state index in [1.165, 1.54) is 84.9 Å². The highest BCUT2D eigenvalue weighted by atomic mass is 16.6. The number of carbonyl (C=O) groups is 6. The van der Waals surface area contributed by atoms with Crippen LogP contribution in [0.1, 0.15) is 64.4 Å². The maximum Gasteiger partial charge on any atom is 0.343 e. The van der Waals surface area contributed by atoms with Crippen LogP contribution >= 0.6 is 0 Å². The quantitative estimate of drug-likeness (QED) is 0.107. The number of hydrogen-bond acceptors (Lipinski definition) is 12. The molecule has 14 nitrogen and oxygen atoms in total. The molecule has 4 aromatic rings. The number of rotatable bonds is 12. The van der Waals surface area contributed by atoms with E-state index in [2.05, 4.69) is 13.2 Å². The molecular formula is C40H30O14. The molecule has 0 unspecified atom stereocenters. The smallest absolute Gasteiger partial charge is 0.343 e. The van der Waals surface area contributed by atoms with E-state index in [0.717, 1.165) is 12.2 Å². The van der Waals surface area contributed by atoms with Gasteiger partial charge in [0.2, 0.25) is 0 Å². The Hall–Kier alpha value is -6.90. The summed E-state index contributed by atoms with van der Waals surface area (Å²) in [4.78, 5) is 73.4. The molecule has 4 aromatic carbocycles. The Kier molecular flexibility index (Phi) is 10.8. The van der Waals surface area contributed by atoms with Gasteiger partial charge in [-0.05, 0) is 96.1 Å². The topological polar surface area (TPSA) is 198 Å². The minimum Gasteiger partial charge on any atom is -0.478 e. The van der Waals surface area contributed by atoms with Crippen LogP contribution in [0.2, 0.25) is 0 Å². The molecule has 6 rings (SSSR count). The first-order valence-electron chi connectivity index (χ1n) is 16.3. The summed E-state index contributed by atoms with van der Waals surface area (Å²) < 4.78 is 33.4. The fourth-order valence-electron chi connectivity index (χ4n) is 6.21. The van der Waals surface area contributed by atoms with Crippen LogP contribution in [0.5, 0.6) is 23.0 Å². The first-order chi connectivity index (χ1) is 25.9. The van der Waals surface area contributed by atoms with Crippen molar-refractivity contribution in [2.75, 3.05) is 13.2 Å². The van der Waals surface area contributed by atoms with E-state index in [1.807, 2.05) is 0 Å². The summed E-state index contributed by atoms with van der Waals surface area (Å²) in [5.41, 5.74) is 0.677. The largest absolute Gasteiger partial charge is 0.478 e. The molecule has 0 amide bonds. The molecule has 2 aliphatic rings. The molecule has 0 radical (unpaired) electrons. The molecule has 2 aliphatic heterocycles. The Morgan fingerprint density at radius 2 is 0.889 bits per heavy atom. The van der Waals surface area contributed by atoms with E-state index in [4.69, 9.17) is 28.4 Å². The van der Waals surface area contributed by atoms with Gasteiger partial charge in [-0.25, -0.2) is 28.8 Å². The van der Waals surface area contributed by atoms with Crippen LogP contribution in [0.25, 0.3) is 0 Å². The van der Waals surface area contributed by atoms with E-state index in [0.29, 0.717) is 0 Å². The van der Waals surface area contributed by atoms with Crippen LogP contribution in [0.3, 0.4) is 0 Å². The van der Waals surface area contributed by atoms with Gasteiger partial charge in [0, 0.05) is 24.0 Å². The van der Waals surface area contributed by atoms with E-state index >= 15 is 0 Å². The number of carbonyl (C=O) groups excluding carboxylic acids is 4. The van der Waals surface area contributed by atoms with Crippen LogP contribution in [0, 0.1) is 0 Å². The summed E-state index contributed by atoms with van der Waals surface area (Å²) in [6.07, 6.45) is 0.562. The molecule has 2 fully saturated rings. The third-order valence-electron chi connectivity index (χ3n) is 8.73. The molecule has 54 heavy (non-hydrogen) atoms. The second-order valence-electron chi connectivity index (χ2n) is 12.0. The average molecular weight is 735 g/mol. The number of benzene rings is 4. The van der Waals surface area contributed by atoms with Gasteiger partial charge >= 0.3 is 35.8 Å². The van der Waals surface area contributed by atoms with Crippen molar-refractivity contribution in [3.05, 3.63) is 144 Å². The molecule has 0 bridgehead atoms. The number of hydrogen-bond donors (Lipinski definition) is 2. The zero-order chi connectivity index (χ0) is 38.5. The van der Waals surface area contributed by atoms with Crippen LogP contribution < -0.4 is 18.9 Å². The zero-order valence-corrected chi connectivity index (χ0v) is 28.2. The molecule has 14 heteroatoms. The zero-order valence-electron chi connectivity index (χ0n) is 28.2. The van der Waals surface area contributed by atoms with Gasteiger partial charge in [-0.15, -0.1) is 0 Å². The highest BCUT2D eigenvalue weighted by Gasteiger charge is 2.50. The number of ether oxygens (including phenoxy) is 6. The summed E-state index contributed by atoms with van der Waals surface area (Å²) >= 11 is 0. The molecule has 0 aliphatic carbocycles. The normalized spacial score (nSPS) is 18.4. The molecule has 2 saturated heterocycles. The van der Waals surface area contributed by atoms with E-state index in [-0.39, 0.29) is 69.6 Å². The van der Waals surface area contributed by atoms with Gasteiger partial charge in [0.25, 0.3) is 0 Å². The predicted molar refractivity (Wildman–Crippen MR) is 186 cm³/mol. The molecule has 4 atom stereocenters. The minimum absolute atomic E-state index is 0.00356. The Labute approximate surface area is 306 Å². The van der Waals surface area contributed by atoms with E-state index in [1.54, 1.807) is 0 Å². The van der Waals surface area contributed by atoms with Gasteiger partial charge < -0.3 is 38.6 Å². The predicted octanol–water partition coefficient (Wildman–Crippen LogP) is 5.37. The van der Waals surface area contributed by atoms with Gasteiger partial charge in [-0.3, -0.25) is 0 Å². The maximum atomic E-state index is 12.9. The van der Waals surface area contributed by atoms with Crippen LogP contribution in [0.4, 0.5) is 0 Å². The lowest BCUT2D eigenvalue weighted by Crippen LogP contribution is -2.26. The molecule has 0 aromatic heterocycles. The van der Waals surface area contributed by atoms with Gasteiger partial charge in [-0.1, -0.05) is 13.2 Å². The van der Waals surface area contributed by atoms with Crippen molar-refractivity contribution in [2.45, 2.75) is 24.0 Å². The van der Waals surface area contributed by atoms with Gasteiger partial charge in [-0.2, -0.15) is 0 Å². The van der Waals surface area contributed by atoms with Crippen molar-refractivity contribution in [1.29, 1.82) is 0 Å². The average Bonchev–Trinajstić information content (AvgIpc) is 3.78. The van der Waals surface area contributed by atoms with Gasteiger partial charge in [0.05, 0.1) is 47.7 Å². The fraction of sp³-hybridized carbons (Fsp3) is 0.150. The third kappa shape index (κ3) is 7.94. The lowest BCUT2D eigenvalue weighted by atomic mass is 9.84. The van der Waals surface area contributed by atoms with Crippen molar-refractivity contribution in [1.82, 2.24) is 0 Å². The summed E-state index contributed by atoms with van der Waals surface area (Å²) in [6.45, 7) is 6.66. The van der Waals surface area contributed by atoms with E-state index in [9.17, 15) is 39.0 Å². The van der Waals surface area contributed by atoms with E-state index < -0.39 is 59.9 Å². The molecular weight excluding hydrogens is 704 g/mol. The molecule has 2 heterocycles. The Balaban J connectivity index is 1.20. The van der Waals surface area contributed by atoms with Crippen molar-refractivity contribution < 1.29 is 67.4 Å².